The van der Waals surface area contributed by atoms with Crippen molar-refractivity contribution < 1.29 is 0 Å². The maximum absolute atomic E-state index is 3.66. The van der Waals surface area contributed by atoms with Gasteiger partial charge in [0, 0.05) is 10.4 Å². The second kappa shape index (κ2) is 7.76. The normalized spacial score (nSPS) is 18.3. The van der Waals surface area contributed by atoms with Crippen molar-refractivity contribution in [2.24, 2.45) is 5.92 Å². The molecule has 0 radical (unpaired) electrons. The number of allylic oxidation sites excluding steroid dienone is 4. The Balaban J connectivity index is 1.63. The topological polar surface area (TPSA) is 0 Å². The summed E-state index contributed by atoms with van der Waals surface area (Å²) in [6.45, 7) is 0. The van der Waals surface area contributed by atoms with Crippen molar-refractivity contribution in [1.29, 1.82) is 0 Å². The van der Waals surface area contributed by atoms with E-state index in [9.17, 15) is 0 Å². The van der Waals surface area contributed by atoms with Crippen molar-refractivity contribution in [3.8, 4) is 0 Å². The summed E-state index contributed by atoms with van der Waals surface area (Å²) in [7, 11) is 0. The van der Waals surface area contributed by atoms with Crippen molar-refractivity contribution in [1.82, 2.24) is 0 Å². The van der Waals surface area contributed by atoms with Crippen LogP contribution >= 0.6 is 15.9 Å². The highest BCUT2D eigenvalue weighted by molar-refractivity contribution is 9.10. The lowest BCUT2D eigenvalue weighted by molar-refractivity contribution is 0.489. The highest BCUT2D eigenvalue weighted by atomic mass is 79.9. The lowest BCUT2D eigenvalue weighted by atomic mass is 9.62. The van der Waals surface area contributed by atoms with Gasteiger partial charge < -0.3 is 0 Å². The Morgan fingerprint density at radius 3 is 2.00 bits per heavy atom. The van der Waals surface area contributed by atoms with E-state index in [-0.39, 0.29) is 5.41 Å². The zero-order chi connectivity index (χ0) is 21.5. The SMILES string of the molecule is Brc1cccc(C2=CC=C3c4ccccc4C(c4ccccc4)(c4ccccc4)C3C2)c1. The molecular formula is C31H23Br. The summed E-state index contributed by atoms with van der Waals surface area (Å²) in [6.07, 6.45) is 5.70. The summed E-state index contributed by atoms with van der Waals surface area (Å²) in [6, 6.07) is 39.9. The van der Waals surface area contributed by atoms with Crippen LogP contribution in [0, 0.1) is 5.92 Å². The van der Waals surface area contributed by atoms with Crippen molar-refractivity contribution in [3.63, 3.8) is 0 Å². The summed E-state index contributed by atoms with van der Waals surface area (Å²) in [5, 5.41) is 0. The van der Waals surface area contributed by atoms with Gasteiger partial charge in [0.2, 0.25) is 0 Å². The third-order valence-electron chi connectivity index (χ3n) is 7.10. The minimum Gasteiger partial charge on any atom is -0.0622 e. The van der Waals surface area contributed by atoms with Crippen LogP contribution in [0.15, 0.2) is 126 Å². The number of hydrogen-bond donors (Lipinski definition) is 0. The predicted molar refractivity (Wildman–Crippen MR) is 137 cm³/mol. The molecular weight excluding hydrogens is 452 g/mol. The molecule has 0 aromatic heterocycles. The first kappa shape index (κ1) is 19.5. The van der Waals surface area contributed by atoms with Crippen LogP contribution < -0.4 is 0 Å². The van der Waals surface area contributed by atoms with E-state index < -0.39 is 0 Å². The van der Waals surface area contributed by atoms with Gasteiger partial charge in [-0.2, -0.15) is 0 Å². The minimum absolute atomic E-state index is 0.212. The Hall–Kier alpha value is -3.16. The first-order chi connectivity index (χ1) is 15.8. The van der Waals surface area contributed by atoms with Gasteiger partial charge in [0.05, 0.1) is 5.41 Å². The Labute approximate surface area is 198 Å². The smallest absolute Gasteiger partial charge is 0.0529 e. The Morgan fingerprint density at radius 1 is 0.656 bits per heavy atom. The molecule has 0 aliphatic heterocycles. The Kier molecular flexibility index (Phi) is 4.73. The van der Waals surface area contributed by atoms with E-state index in [4.69, 9.17) is 0 Å². The van der Waals surface area contributed by atoms with Crippen LogP contribution in [0.5, 0.6) is 0 Å². The van der Waals surface area contributed by atoms with E-state index in [1.54, 1.807) is 0 Å². The molecule has 32 heavy (non-hydrogen) atoms. The zero-order valence-corrected chi connectivity index (χ0v) is 19.3. The third kappa shape index (κ3) is 2.88. The fraction of sp³-hybridized carbons (Fsp3) is 0.0968. The van der Waals surface area contributed by atoms with Crippen molar-refractivity contribution in [2.45, 2.75) is 11.8 Å². The molecule has 154 valence electrons. The highest BCUT2D eigenvalue weighted by Crippen LogP contribution is 2.60. The van der Waals surface area contributed by atoms with Crippen LogP contribution in [0.1, 0.15) is 34.2 Å². The summed E-state index contributed by atoms with van der Waals surface area (Å²) in [5.74, 6) is 0.337. The molecule has 1 unspecified atom stereocenters. The van der Waals surface area contributed by atoms with E-state index >= 15 is 0 Å². The lowest BCUT2D eigenvalue weighted by Crippen LogP contribution is -2.35. The van der Waals surface area contributed by atoms with Gasteiger partial charge in [-0.25, -0.2) is 0 Å². The number of halogens is 1. The van der Waals surface area contributed by atoms with E-state index in [2.05, 4.69) is 137 Å². The molecule has 2 aliphatic rings. The van der Waals surface area contributed by atoms with Crippen LogP contribution in [0.2, 0.25) is 0 Å². The van der Waals surface area contributed by atoms with Gasteiger partial charge in [-0.1, -0.05) is 125 Å². The van der Waals surface area contributed by atoms with E-state index in [1.165, 1.54) is 39.0 Å². The average molecular weight is 475 g/mol. The van der Waals surface area contributed by atoms with Gasteiger partial charge in [0.15, 0.2) is 0 Å². The van der Waals surface area contributed by atoms with Crippen molar-refractivity contribution >= 4 is 27.1 Å². The van der Waals surface area contributed by atoms with Gasteiger partial charge >= 0.3 is 0 Å². The molecule has 1 atom stereocenters. The molecule has 0 amide bonds. The van der Waals surface area contributed by atoms with E-state index in [1.807, 2.05) is 0 Å². The molecule has 0 heterocycles. The molecule has 0 bridgehead atoms. The summed E-state index contributed by atoms with van der Waals surface area (Å²) < 4.78 is 1.12. The standard InChI is InChI=1S/C31H23Br/c32-26-15-9-10-22(20-26)23-18-19-28-27-16-7-8-17-29(27)31(30(28)21-23,24-11-3-1-4-12-24)25-13-5-2-6-14-25/h1-20,30H,21H2. The second-order valence-electron chi connectivity index (χ2n) is 8.67. The highest BCUT2D eigenvalue weighted by Gasteiger charge is 2.52. The molecule has 6 rings (SSSR count). The van der Waals surface area contributed by atoms with Crippen LogP contribution in [-0.2, 0) is 5.41 Å². The Bertz CT molecular complexity index is 1310. The fourth-order valence-corrected chi connectivity index (χ4v) is 6.22. The van der Waals surface area contributed by atoms with Crippen molar-refractivity contribution in [2.75, 3.05) is 0 Å². The number of fused-ring (bicyclic) bond motifs is 3. The van der Waals surface area contributed by atoms with Gasteiger partial charge in [-0.3, -0.25) is 0 Å². The van der Waals surface area contributed by atoms with Gasteiger partial charge in [-0.05, 0) is 57.5 Å². The van der Waals surface area contributed by atoms with Crippen LogP contribution in [0.25, 0.3) is 11.1 Å². The number of benzene rings is 4. The molecule has 4 aromatic rings. The third-order valence-corrected chi connectivity index (χ3v) is 7.60. The zero-order valence-electron chi connectivity index (χ0n) is 17.7. The lowest BCUT2D eigenvalue weighted by Gasteiger charge is -2.40. The quantitative estimate of drug-likeness (QED) is 0.280. The second-order valence-corrected chi connectivity index (χ2v) is 9.58. The number of hydrogen-bond acceptors (Lipinski definition) is 0. The molecule has 1 heteroatoms. The predicted octanol–water partition coefficient (Wildman–Crippen LogP) is 8.28. The molecule has 0 saturated carbocycles. The largest absolute Gasteiger partial charge is 0.0622 e. The van der Waals surface area contributed by atoms with Crippen LogP contribution in [0.4, 0.5) is 0 Å². The fourth-order valence-electron chi connectivity index (χ4n) is 5.82. The molecule has 4 aromatic carbocycles. The molecule has 2 aliphatic carbocycles. The maximum Gasteiger partial charge on any atom is 0.0529 e. The van der Waals surface area contributed by atoms with Gasteiger partial charge in [-0.15, -0.1) is 0 Å². The Morgan fingerprint density at radius 2 is 1.31 bits per heavy atom. The monoisotopic (exact) mass is 474 g/mol. The molecule has 0 saturated heterocycles. The van der Waals surface area contributed by atoms with Crippen LogP contribution in [-0.4, -0.2) is 0 Å². The van der Waals surface area contributed by atoms with Gasteiger partial charge in [0.25, 0.3) is 0 Å². The summed E-state index contributed by atoms with van der Waals surface area (Å²) in [4.78, 5) is 0. The minimum atomic E-state index is -0.212. The average Bonchev–Trinajstić information content (AvgIpc) is 3.16. The first-order valence-electron chi connectivity index (χ1n) is 11.2. The summed E-state index contributed by atoms with van der Waals surface area (Å²) in [5.41, 5.74) is 9.45. The van der Waals surface area contributed by atoms with Crippen LogP contribution in [0.3, 0.4) is 0 Å². The van der Waals surface area contributed by atoms with E-state index in [0.717, 1.165) is 10.9 Å². The molecule has 0 N–H and O–H groups in total. The molecule has 0 spiro atoms. The van der Waals surface area contributed by atoms with E-state index in [0.29, 0.717) is 5.92 Å². The number of rotatable bonds is 3. The maximum atomic E-state index is 3.66. The summed E-state index contributed by atoms with van der Waals surface area (Å²) >= 11 is 3.66. The molecule has 0 nitrogen and oxygen atoms in total. The van der Waals surface area contributed by atoms with Gasteiger partial charge in [0.1, 0.15) is 0 Å². The first-order valence-corrected chi connectivity index (χ1v) is 12.0. The van der Waals surface area contributed by atoms with Crippen molar-refractivity contribution in [3.05, 3.63) is 154 Å². The molecule has 0 fully saturated rings.